The van der Waals surface area contributed by atoms with Crippen LogP contribution < -0.4 is 11.1 Å². The molecule has 1 amide bonds. The lowest BCUT2D eigenvalue weighted by Crippen LogP contribution is -2.43. The lowest BCUT2D eigenvalue weighted by molar-refractivity contribution is -0.124. The first-order chi connectivity index (χ1) is 4.89. The maximum atomic E-state index is 11.1. The van der Waals surface area contributed by atoms with Gasteiger partial charge >= 0.3 is 0 Å². The molecule has 0 saturated carbocycles. The fraction of sp³-hybridized carbons (Fsp3) is 0.875. The summed E-state index contributed by atoms with van der Waals surface area (Å²) in [6.45, 7) is 8.12. The van der Waals surface area contributed by atoms with Gasteiger partial charge in [-0.05, 0) is 12.3 Å². The zero-order chi connectivity index (χ0) is 9.07. The summed E-state index contributed by atoms with van der Waals surface area (Å²) < 4.78 is 0. The summed E-state index contributed by atoms with van der Waals surface area (Å²) >= 11 is 0. The van der Waals surface area contributed by atoms with Gasteiger partial charge in [-0.15, -0.1) is 0 Å². The predicted octanol–water partition coefficient (Wildman–Crippen LogP) is 0.820. The summed E-state index contributed by atoms with van der Waals surface area (Å²) in [5, 5.41) is 2.63. The molecule has 0 heterocycles. The Morgan fingerprint density at radius 1 is 1.55 bits per heavy atom. The summed E-state index contributed by atoms with van der Waals surface area (Å²) in [7, 11) is 0. The largest absolute Gasteiger partial charge is 0.355 e. The number of carbonyl (C=O) groups is 1. The molecular formula is C8H17N2O. The minimum atomic E-state index is -0.664. The topological polar surface area (TPSA) is 52.9 Å². The van der Waals surface area contributed by atoms with Gasteiger partial charge in [0, 0.05) is 6.54 Å². The second kappa shape index (κ2) is 3.72. The predicted molar refractivity (Wildman–Crippen MR) is 45.0 cm³/mol. The molecule has 0 saturated heterocycles. The molecule has 0 aromatic carbocycles. The van der Waals surface area contributed by atoms with Crippen molar-refractivity contribution in [1.82, 2.24) is 11.1 Å². The van der Waals surface area contributed by atoms with Crippen LogP contribution in [0.15, 0.2) is 0 Å². The van der Waals surface area contributed by atoms with E-state index in [1.54, 1.807) is 0 Å². The average molecular weight is 157 g/mol. The smallest absolute Gasteiger partial charge is 0.239 e. The van der Waals surface area contributed by atoms with Crippen molar-refractivity contribution in [3.05, 3.63) is 0 Å². The van der Waals surface area contributed by atoms with E-state index in [-0.39, 0.29) is 11.3 Å². The Hall–Kier alpha value is -0.570. The van der Waals surface area contributed by atoms with Crippen LogP contribution in [0.3, 0.4) is 0 Å². The first-order valence-electron chi connectivity index (χ1n) is 3.88. The van der Waals surface area contributed by atoms with Crippen LogP contribution in [0, 0.1) is 5.41 Å². The maximum Gasteiger partial charge on any atom is 0.239 e. The molecule has 0 aromatic rings. The third-order valence-corrected chi connectivity index (χ3v) is 1.48. The average Bonchev–Trinajstić information content (AvgIpc) is 1.85. The van der Waals surface area contributed by atoms with Crippen LogP contribution in [0.5, 0.6) is 0 Å². The Balaban J connectivity index is 4.03. The van der Waals surface area contributed by atoms with E-state index in [0.29, 0.717) is 6.54 Å². The summed E-state index contributed by atoms with van der Waals surface area (Å²) in [4.78, 5) is 11.1. The van der Waals surface area contributed by atoms with E-state index in [1.165, 1.54) is 0 Å². The number of hydrogen-bond acceptors (Lipinski definition) is 1. The Morgan fingerprint density at radius 2 is 2.00 bits per heavy atom. The maximum absolute atomic E-state index is 11.1. The molecular weight excluding hydrogens is 140 g/mol. The molecule has 2 N–H and O–H groups in total. The van der Waals surface area contributed by atoms with Crippen molar-refractivity contribution < 1.29 is 4.79 Å². The molecule has 0 aromatic heterocycles. The Labute approximate surface area is 68.3 Å². The highest BCUT2D eigenvalue weighted by atomic mass is 16.2. The molecule has 3 nitrogen and oxygen atoms in total. The second-order valence-corrected chi connectivity index (χ2v) is 3.69. The number of carbonyl (C=O) groups excluding carboxylic acids is 1. The Morgan fingerprint density at radius 3 is 2.27 bits per heavy atom. The summed E-state index contributed by atoms with van der Waals surface area (Å²) in [6, 6.07) is -0.664. The number of hydrogen-bond donors (Lipinski definition) is 1. The van der Waals surface area contributed by atoms with Gasteiger partial charge in [-0.1, -0.05) is 20.8 Å². The minimum Gasteiger partial charge on any atom is -0.355 e. The third kappa shape index (κ3) is 3.37. The number of nitrogens with one attached hydrogen (secondary N) is 2. The van der Waals surface area contributed by atoms with Gasteiger partial charge in [0.15, 0.2) is 0 Å². The van der Waals surface area contributed by atoms with Crippen molar-refractivity contribution >= 4 is 5.91 Å². The van der Waals surface area contributed by atoms with Gasteiger partial charge in [-0.2, -0.15) is 0 Å². The van der Waals surface area contributed by atoms with Crippen LogP contribution in [-0.4, -0.2) is 18.5 Å². The van der Waals surface area contributed by atoms with Gasteiger partial charge in [0.25, 0.3) is 0 Å². The highest BCUT2D eigenvalue weighted by molar-refractivity contribution is 5.82. The molecule has 0 rings (SSSR count). The van der Waals surface area contributed by atoms with Crippen molar-refractivity contribution in [3.8, 4) is 0 Å². The van der Waals surface area contributed by atoms with Gasteiger partial charge in [0.2, 0.25) is 5.91 Å². The lowest BCUT2D eigenvalue weighted by atomic mass is 9.87. The van der Waals surface area contributed by atoms with E-state index in [4.69, 9.17) is 5.73 Å². The van der Waals surface area contributed by atoms with E-state index in [9.17, 15) is 4.79 Å². The molecule has 65 valence electrons. The van der Waals surface area contributed by atoms with E-state index >= 15 is 0 Å². The highest BCUT2D eigenvalue weighted by Crippen LogP contribution is 2.18. The quantitative estimate of drug-likeness (QED) is 0.634. The van der Waals surface area contributed by atoms with E-state index in [0.717, 1.165) is 0 Å². The Kier molecular flexibility index (Phi) is 3.52. The normalized spacial score (nSPS) is 14.3. The van der Waals surface area contributed by atoms with Crippen molar-refractivity contribution in [2.75, 3.05) is 6.54 Å². The highest BCUT2D eigenvalue weighted by Gasteiger charge is 2.27. The van der Waals surface area contributed by atoms with E-state index < -0.39 is 6.04 Å². The van der Waals surface area contributed by atoms with Crippen molar-refractivity contribution in [2.45, 2.75) is 33.7 Å². The number of rotatable bonds is 2. The lowest BCUT2D eigenvalue weighted by Gasteiger charge is -2.24. The van der Waals surface area contributed by atoms with Crippen LogP contribution in [0.1, 0.15) is 27.7 Å². The van der Waals surface area contributed by atoms with Gasteiger partial charge in [-0.25, -0.2) is 5.73 Å². The number of likely N-dealkylation sites (N-methyl/N-ethyl adjacent to an activating group) is 1. The standard InChI is InChI=1S/C8H17N2O/c1-5-10-7(11)6(9)8(2,3)4/h6,9H,5H2,1-4H3,(H,10,11). The molecule has 0 spiro atoms. The van der Waals surface area contributed by atoms with E-state index in [2.05, 4.69) is 5.32 Å². The fourth-order valence-corrected chi connectivity index (χ4v) is 0.670. The first-order valence-corrected chi connectivity index (χ1v) is 3.88. The monoisotopic (exact) mass is 157 g/mol. The molecule has 1 unspecified atom stereocenters. The van der Waals surface area contributed by atoms with Crippen molar-refractivity contribution in [2.24, 2.45) is 5.41 Å². The van der Waals surface area contributed by atoms with Gasteiger partial charge in [0.05, 0.1) is 0 Å². The molecule has 1 radical (unpaired) electrons. The summed E-state index contributed by atoms with van der Waals surface area (Å²) in [6.07, 6.45) is 0. The summed E-state index contributed by atoms with van der Waals surface area (Å²) in [5.41, 5.74) is 7.26. The van der Waals surface area contributed by atoms with E-state index in [1.807, 2.05) is 27.7 Å². The van der Waals surface area contributed by atoms with Crippen LogP contribution in [0.2, 0.25) is 0 Å². The molecule has 0 aliphatic rings. The van der Waals surface area contributed by atoms with Crippen molar-refractivity contribution in [3.63, 3.8) is 0 Å². The number of amides is 1. The second-order valence-electron chi connectivity index (χ2n) is 3.69. The van der Waals surface area contributed by atoms with Gasteiger partial charge < -0.3 is 5.32 Å². The first kappa shape index (κ1) is 10.4. The molecule has 0 bridgehead atoms. The van der Waals surface area contributed by atoms with Crippen molar-refractivity contribution in [1.29, 1.82) is 0 Å². The molecule has 0 aliphatic heterocycles. The van der Waals surface area contributed by atoms with Gasteiger partial charge in [0.1, 0.15) is 6.04 Å². The zero-order valence-corrected chi connectivity index (χ0v) is 7.69. The molecule has 3 heteroatoms. The molecule has 0 aliphatic carbocycles. The zero-order valence-electron chi connectivity index (χ0n) is 7.69. The van der Waals surface area contributed by atoms with Crippen LogP contribution >= 0.6 is 0 Å². The third-order valence-electron chi connectivity index (χ3n) is 1.48. The SMILES string of the molecule is CCNC(=O)C([NH])C(C)(C)C. The van der Waals surface area contributed by atoms with Crippen LogP contribution in [-0.2, 0) is 4.79 Å². The fourth-order valence-electron chi connectivity index (χ4n) is 0.670. The van der Waals surface area contributed by atoms with Crippen LogP contribution in [0.4, 0.5) is 0 Å². The van der Waals surface area contributed by atoms with Crippen LogP contribution in [0.25, 0.3) is 0 Å². The molecule has 0 fully saturated rings. The molecule has 1 atom stereocenters. The molecule has 11 heavy (non-hydrogen) atoms. The summed E-state index contributed by atoms with van der Waals surface area (Å²) in [5.74, 6) is -0.181. The minimum absolute atomic E-state index is 0.181. The Bertz CT molecular complexity index is 138. The van der Waals surface area contributed by atoms with Gasteiger partial charge in [-0.3, -0.25) is 4.79 Å².